The van der Waals surface area contributed by atoms with E-state index in [0.717, 1.165) is 26.2 Å². The molecule has 0 aliphatic rings. The van der Waals surface area contributed by atoms with E-state index in [1.807, 2.05) is 11.3 Å². The van der Waals surface area contributed by atoms with Gasteiger partial charge in [-0.05, 0) is 32.4 Å². The van der Waals surface area contributed by atoms with Crippen molar-refractivity contribution in [1.29, 1.82) is 0 Å². The van der Waals surface area contributed by atoms with Gasteiger partial charge in [0, 0.05) is 17.5 Å². The molecule has 116 valence electrons. The molecule has 0 bridgehead atoms. The fourth-order valence-electron chi connectivity index (χ4n) is 2.11. The Morgan fingerprint density at radius 3 is 2.30 bits per heavy atom. The van der Waals surface area contributed by atoms with Crippen molar-refractivity contribution in [2.75, 3.05) is 13.1 Å². The van der Waals surface area contributed by atoms with Crippen molar-refractivity contribution in [3.05, 3.63) is 15.6 Å². The second-order valence-corrected chi connectivity index (χ2v) is 6.89. The molecule has 1 aromatic rings. The van der Waals surface area contributed by atoms with Gasteiger partial charge in [0.15, 0.2) is 0 Å². The van der Waals surface area contributed by atoms with Crippen molar-refractivity contribution in [2.24, 2.45) is 0 Å². The van der Waals surface area contributed by atoms with Crippen LogP contribution in [0.4, 0.5) is 0 Å². The Kier molecular flexibility index (Phi) is 7.70. The molecule has 1 aromatic heterocycles. The van der Waals surface area contributed by atoms with Crippen molar-refractivity contribution in [1.82, 2.24) is 15.2 Å². The highest BCUT2D eigenvalue weighted by molar-refractivity contribution is 7.11. The maximum absolute atomic E-state index is 4.89. The highest BCUT2D eigenvalue weighted by Crippen LogP contribution is 2.26. The zero-order chi connectivity index (χ0) is 15.1. The predicted octanol–water partition coefficient (Wildman–Crippen LogP) is 4.00. The Morgan fingerprint density at radius 2 is 1.80 bits per heavy atom. The van der Waals surface area contributed by atoms with Gasteiger partial charge in [0.05, 0.1) is 12.2 Å². The zero-order valence-electron chi connectivity index (χ0n) is 14.0. The quantitative estimate of drug-likeness (QED) is 0.747. The molecule has 0 saturated heterocycles. The fourth-order valence-corrected chi connectivity index (χ4v) is 3.33. The van der Waals surface area contributed by atoms with E-state index in [2.05, 4.69) is 51.8 Å². The molecule has 0 saturated carbocycles. The molecule has 1 heterocycles. The number of hydrogen-bond acceptors (Lipinski definition) is 4. The lowest BCUT2D eigenvalue weighted by atomic mass is 10.1. The van der Waals surface area contributed by atoms with E-state index in [4.69, 9.17) is 4.98 Å². The van der Waals surface area contributed by atoms with Gasteiger partial charge >= 0.3 is 0 Å². The Bertz CT molecular complexity index is 383. The third-order valence-corrected chi connectivity index (χ3v) is 4.85. The van der Waals surface area contributed by atoms with Gasteiger partial charge < -0.3 is 5.32 Å². The highest BCUT2D eigenvalue weighted by Gasteiger charge is 2.15. The molecular weight excluding hydrogens is 266 g/mol. The summed E-state index contributed by atoms with van der Waals surface area (Å²) in [7, 11) is 0. The summed E-state index contributed by atoms with van der Waals surface area (Å²) in [4.78, 5) is 8.73. The van der Waals surface area contributed by atoms with Crippen LogP contribution in [0.2, 0.25) is 0 Å². The lowest BCUT2D eigenvalue weighted by Crippen LogP contribution is -2.24. The van der Waals surface area contributed by atoms with E-state index in [1.165, 1.54) is 22.0 Å². The van der Waals surface area contributed by atoms with Crippen LogP contribution < -0.4 is 5.32 Å². The van der Waals surface area contributed by atoms with E-state index < -0.39 is 0 Å². The van der Waals surface area contributed by atoms with Crippen LogP contribution in [0.25, 0.3) is 0 Å². The molecule has 0 amide bonds. The molecule has 0 aliphatic carbocycles. The first-order valence-electron chi connectivity index (χ1n) is 7.95. The van der Waals surface area contributed by atoms with E-state index in [-0.39, 0.29) is 0 Å². The van der Waals surface area contributed by atoms with Gasteiger partial charge in [-0.2, -0.15) is 0 Å². The van der Waals surface area contributed by atoms with Crippen molar-refractivity contribution in [2.45, 2.75) is 73.0 Å². The number of rotatable bonds is 9. The van der Waals surface area contributed by atoms with Crippen LogP contribution >= 0.6 is 11.3 Å². The lowest BCUT2D eigenvalue weighted by Gasteiger charge is -2.15. The molecule has 0 spiro atoms. The van der Waals surface area contributed by atoms with Gasteiger partial charge in [-0.1, -0.05) is 34.6 Å². The third-order valence-electron chi connectivity index (χ3n) is 3.80. The molecule has 0 aliphatic heterocycles. The maximum Gasteiger partial charge on any atom is 0.107 e. The summed E-state index contributed by atoms with van der Waals surface area (Å²) in [6.07, 6.45) is 1.17. The topological polar surface area (TPSA) is 28.2 Å². The van der Waals surface area contributed by atoms with Gasteiger partial charge in [0.1, 0.15) is 5.01 Å². The first-order chi connectivity index (χ1) is 9.51. The summed E-state index contributed by atoms with van der Waals surface area (Å²) >= 11 is 1.88. The standard InChI is InChI=1S/C16H31N3S/c1-7-13(6)17-10-14-16(12(4)5)18-15(20-14)11-19(8-2)9-3/h12-13,17H,7-11H2,1-6H3. The van der Waals surface area contributed by atoms with Crippen LogP contribution in [-0.2, 0) is 13.1 Å². The van der Waals surface area contributed by atoms with Crippen LogP contribution in [0.15, 0.2) is 0 Å². The number of hydrogen-bond donors (Lipinski definition) is 1. The Morgan fingerprint density at radius 1 is 1.15 bits per heavy atom. The number of nitrogens with one attached hydrogen (secondary N) is 1. The fraction of sp³-hybridized carbons (Fsp3) is 0.812. The minimum atomic E-state index is 0.505. The molecule has 1 unspecified atom stereocenters. The van der Waals surface area contributed by atoms with Crippen LogP contribution in [0.3, 0.4) is 0 Å². The molecule has 1 atom stereocenters. The molecule has 0 fully saturated rings. The molecule has 3 nitrogen and oxygen atoms in total. The summed E-state index contributed by atoms with van der Waals surface area (Å²) in [6.45, 7) is 17.5. The number of thiazole rings is 1. The van der Waals surface area contributed by atoms with Crippen LogP contribution in [0.5, 0.6) is 0 Å². The molecule has 1 N–H and O–H groups in total. The Balaban J connectivity index is 2.79. The van der Waals surface area contributed by atoms with Crippen LogP contribution in [0.1, 0.15) is 69.5 Å². The minimum absolute atomic E-state index is 0.505. The summed E-state index contributed by atoms with van der Waals surface area (Å²) in [6, 6.07) is 0.573. The Hall–Kier alpha value is -0.450. The molecule has 0 radical (unpaired) electrons. The lowest BCUT2D eigenvalue weighted by molar-refractivity contribution is 0.295. The minimum Gasteiger partial charge on any atom is -0.309 e. The normalized spacial score (nSPS) is 13.4. The average Bonchev–Trinajstić information content (AvgIpc) is 2.85. The number of nitrogens with zero attached hydrogens (tertiary/aromatic N) is 2. The van der Waals surface area contributed by atoms with Crippen molar-refractivity contribution in [3.8, 4) is 0 Å². The SMILES string of the molecule is CCC(C)NCc1sc(CN(CC)CC)nc1C(C)C. The highest BCUT2D eigenvalue weighted by atomic mass is 32.1. The van der Waals surface area contributed by atoms with Gasteiger partial charge in [-0.3, -0.25) is 4.90 Å². The van der Waals surface area contributed by atoms with Gasteiger partial charge in [-0.15, -0.1) is 11.3 Å². The summed E-state index contributed by atoms with van der Waals surface area (Å²) in [5.41, 5.74) is 1.29. The summed E-state index contributed by atoms with van der Waals surface area (Å²) in [5.74, 6) is 0.505. The monoisotopic (exact) mass is 297 g/mol. The second kappa shape index (κ2) is 8.75. The van der Waals surface area contributed by atoms with E-state index >= 15 is 0 Å². The van der Waals surface area contributed by atoms with Crippen molar-refractivity contribution in [3.63, 3.8) is 0 Å². The van der Waals surface area contributed by atoms with Crippen LogP contribution in [0, 0.1) is 0 Å². The Labute approximate surface area is 128 Å². The maximum atomic E-state index is 4.89. The third kappa shape index (κ3) is 5.15. The molecule has 0 aromatic carbocycles. The molecular formula is C16H31N3S. The molecule has 20 heavy (non-hydrogen) atoms. The largest absolute Gasteiger partial charge is 0.309 e. The van der Waals surface area contributed by atoms with E-state index in [9.17, 15) is 0 Å². The first kappa shape index (κ1) is 17.6. The van der Waals surface area contributed by atoms with Gasteiger partial charge in [0.2, 0.25) is 0 Å². The van der Waals surface area contributed by atoms with Gasteiger partial charge in [0.25, 0.3) is 0 Å². The average molecular weight is 298 g/mol. The molecule has 1 rings (SSSR count). The summed E-state index contributed by atoms with van der Waals surface area (Å²) in [5, 5.41) is 4.86. The first-order valence-corrected chi connectivity index (χ1v) is 8.77. The number of aromatic nitrogens is 1. The second-order valence-electron chi connectivity index (χ2n) is 5.72. The predicted molar refractivity (Wildman–Crippen MR) is 89.4 cm³/mol. The van der Waals surface area contributed by atoms with E-state index in [1.54, 1.807) is 0 Å². The smallest absolute Gasteiger partial charge is 0.107 e. The summed E-state index contributed by atoms with van der Waals surface area (Å²) < 4.78 is 0. The van der Waals surface area contributed by atoms with Crippen LogP contribution in [-0.4, -0.2) is 29.0 Å². The van der Waals surface area contributed by atoms with Crippen molar-refractivity contribution >= 4 is 11.3 Å². The van der Waals surface area contributed by atoms with Crippen molar-refractivity contribution < 1.29 is 0 Å². The molecule has 4 heteroatoms. The van der Waals surface area contributed by atoms with E-state index in [0.29, 0.717) is 12.0 Å². The zero-order valence-corrected chi connectivity index (χ0v) is 14.8. The van der Waals surface area contributed by atoms with Gasteiger partial charge in [-0.25, -0.2) is 4.98 Å².